The summed E-state index contributed by atoms with van der Waals surface area (Å²) in [7, 11) is 17.1. The second-order valence-electron chi connectivity index (χ2n) is 14.0. The van der Waals surface area contributed by atoms with Gasteiger partial charge in [-0.25, -0.2) is 0 Å². The molecule has 2 atom stereocenters. The molecule has 0 bridgehead atoms. The molecule has 0 nitrogen and oxygen atoms in total. The summed E-state index contributed by atoms with van der Waals surface area (Å²) in [6, 6.07) is 44.4. The Bertz CT molecular complexity index is 2230. The number of hydrogen-bond donors (Lipinski definition) is 0. The van der Waals surface area contributed by atoms with Crippen molar-refractivity contribution in [3.05, 3.63) is 155 Å². The molecule has 0 amide bonds. The van der Waals surface area contributed by atoms with Crippen LogP contribution in [0.2, 0.25) is 0 Å². The molecule has 0 saturated carbocycles. The van der Waals surface area contributed by atoms with E-state index < -0.39 is 15.9 Å². The van der Waals surface area contributed by atoms with E-state index in [2.05, 4.69) is 158 Å². The van der Waals surface area contributed by atoms with Crippen molar-refractivity contribution in [3.63, 3.8) is 0 Å². The monoisotopic (exact) mass is 754 g/mol. The number of allylic oxidation sites excluding steroid dienone is 2. The van der Waals surface area contributed by atoms with Crippen molar-refractivity contribution in [3.8, 4) is 22.3 Å². The van der Waals surface area contributed by atoms with E-state index in [0.29, 0.717) is 0 Å². The Labute approximate surface area is 298 Å². The number of hydrogen-bond acceptors (Lipinski definition) is 0. The van der Waals surface area contributed by atoms with E-state index in [0.717, 1.165) is 25.7 Å². The van der Waals surface area contributed by atoms with E-state index in [4.69, 9.17) is 17.0 Å². The quantitative estimate of drug-likeness (QED) is 0.145. The van der Waals surface area contributed by atoms with Crippen molar-refractivity contribution in [2.75, 3.05) is 0 Å². The minimum absolute atomic E-state index is 0.00272. The molecular weight excluding hydrogens is 715 g/mol. The summed E-state index contributed by atoms with van der Waals surface area (Å²) in [6.07, 6.45) is 8.99. The summed E-state index contributed by atoms with van der Waals surface area (Å²) in [5.41, 5.74) is 13.0. The summed E-state index contributed by atoms with van der Waals surface area (Å²) in [5.74, 6) is 0. The molecule has 2 aliphatic carbocycles. The zero-order chi connectivity index (χ0) is 33.8. The Morgan fingerprint density at radius 1 is 0.510 bits per heavy atom. The van der Waals surface area contributed by atoms with Gasteiger partial charge in [-0.15, -0.1) is 0 Å². The van der Waals surface area contributed by atoms with Gasteiger partial charge < -0.3 is 0 Å². The van der Waals surface area contributed by atoms with Gasteiger partial charge >= 0.3 is 301 Å². The average Bonchev–Trinajstić information content (AvgIpc) is 3.71. The molecule has 0 radical (unpaired) electrons. The summed E-state index contributed by atoms with van der Waals surface area (Å²) in [4.78, 5) is 0. The second-order valence-corrected chi connectivity index (χ2v) is 35.4. The third-order valence-corrected chi connectivity index (χ3v) is 30.4. The molecule has 0 N–H and O–H groups in total. The van der Waals surface area contributed by atoms with Gasteiger partial charge in [-0.1, -0.05) is 0 Å². The van der Waals surface area contributed by atoms with Crippen LogP contribution in [-0.2, 0) is 15.9 Å². The first-order valence-electron chi connectivity index (χ1n) is 17.9. The van der Waals surface area contributed by atoms with Crippen LogP contribution in [-0.4, -0.2) is 3.71 Å². The van der Waals surface area contributed by atoms with E-state index in [-0.39, 0.29) is 7.25 Å². The van der Waals surface area contributed by atoms with Crippen LogP contribution in [0.15, 0.2) is 132 Å². The first kappa shape index (κ1) is 32.8. The second kappa shape index (κ2) is 12.8. The molecule has 0 aromatic heterocycles. The molecule has 6 aromatic rings. The first-order valence-corrected chi connectivity index (χ1v) is 28.5. The van der Waals surface area contributed by atoms with Gasteiger partial charge in [-0.05, 0) is 0 Å². The van der Waals surface area contributed by atoms with Gasteiger partial charge in [0.1, 0.15) is 0 Å². The SMILES string of the molecule is C[CH]=[Zr]([Cl])([Cl])([CH]1C(CCC)=Cc2c(-c3cccc4ccccc34)cccc21)[CH]1C(CCC)=Cc2c(-c3cccc4ccccc34)cccc21. The molecule has 2 aliphatic rings. The van der Waals surface area contributed by atoms with E-state index >= 15 is 0 Å². The maximum atomic E-state index is 8.53. The molecule has 244 valence electrons. The Balaban J connectivity index is 1.35. The molecule has 3 heteroatoms. The van der Waals surface area contributed by atoms with E-state index in [1.54, 1.807) is 0 Å². The molecule has 0 spiro atoms. The van der Waals surface area contributed by atoms with Gasteiger partial charge in [0.2, 0.25) is 0 Å². The molecule has 6 aromatic carbocycles. The maximum absolute atomic E-state index is 8.53. The zero-order valence-electron chi connectivity index (χ0n) is 28.5. The molecular formula is C46H42Cl2Zr. The standard InChI is InChI=1S/2C22H19.C2H4.2ClH.Zr/c2*1-2-7-16-14-18-10-6-13-21(22(18)15-16)20-12-5-9-17-8-3-4-11-19(17)20;1-2;;;/h2*3-6,8-15H,2,7H2,1H3;1H,2H3;2*1H;/q;;;;;+2/p-2. The van der Waals surface area contributed by atoms with Gasteiger partial charge in [0, 0.05) is 0 Å². The van der Waals surface area contributed by atoms with Crippen LogP contribution in [0.4, 0.5) is 0 Å². The Hall–Kier alpha value is -3.35. The van der Waals surface area contributed by atoms with Gasteiger partial charge in [0.05, 0.1) is 0 Å². The summed E-state index contributed by atoms with van der Waals surface area (Å²) < 4.78 is 2.32. The van der Waals surface area contributed by atoms with Gasteiger partial charge in [0.15, 0.2) is 0 Å². The predicted octanol–water partition coefficient (Wildman–Crippen LogP) is 14.3. The van der Waals surface area contributed by atoms with Crippen LogP contribution >= 0.6 is 17.0 Å². The normalized spacial score (nSPS) is 17.2. The van der Waals surface area contributed by atoms with Gasteiger partial charge in [-0.3, -0.25) is 0 Å². The molecule has 0 heterocycles. The molecule has 0 aliphatic heterocycles. The van der Waals surface area contributed by atoms with Crippen molar-refractivity contribution in [2.24, 2.45) is 0 Å². The van der Waals surface area contributed by atoms with Crippen molar-refractivity contribution < 1.29 is 15.9 Å². The first-order chi connectivity index (χ1) is 23.9. The third-order valence-electron chi connectivity index (χ3n) is 11.2. The fraction of sp³-hybridized carbons (Fsp3) is 0.196. The molecule has 49 heavy (non-hydrogen) atoms. The number of benzene rings is 6. The van der Waals surface area contributed by atoms with Crippen LogP contribution in [0, 0.1) is 0 Å². The van der Waals surface area contributed by atoms with E-state index in [1.807, 2.05) is 0 Å². The zero-order valence-corrected chi connectivity index (χ0v) is 32.5. The number of fused-ring (bicyclic) bond motifs is 4. The van der Waals surface area contributed by atoms with Crippen LogP contribution in [0.1, 0.15) is 76.0 Å². The minimum atomic E-state index is -5.02. The van der Waals surface area contributed by atoms with Crippen molar-refractivity contribution in [1.82, 2.24) is 0 Å². The van der Waals surface area contributed by atoms with Crippen LogP contribution in [0.25, 0.3) is 56.0 Å². The topological polar surface area (TPSA) is 0 Å². The summed E-state index contributed by atoms with van der Waals surface area (Å²) in [5, 5.41) is 5.06. The van der Waals surface area contributed by atoms with Crippen LogP contribution < -0.4 is 0 Å². The fourth-order valence-corrected chi connectivity index (χ4v) is 26.4. The predicted molar refractivity (Wildman–Crippen MR) is 213 cm³/mol. The van der Waals surface area contributed by atoms with Gasteiger partial charge in [-0.2, -0.15) is 0 Å². The molecule has 8 rings (SSSR count). The Kier molecular flexibility index (Phi) is 8.55. The van der Waals surface area contributed by atoms with E-state index in [1.165, 1.54) is 77.2 Å². The van der Waals surface area contributed by atoms with Crippen molar-refractivity contribution in [2.45, 2.75) is 53.7 Å². The summed E-state index contributed by atoms with van der Waals surface area (Å²) >= 11 is -5.02. The van der Waals surface area contributed by atoms with E-state index in [9.17, 15) is 0 Å². The fourth-order valence-electron chi connectivity index (χ4n) is 9.13. The third kappa shape index (κ3) is 5.23. The molecule has 0 saturated heterocycles. The molecule has 2 unspecified atom stereocenters. The van der Waals surface area contributed by atoms with Gasteiger partial charge in [0.25, 0.3) is 0 Å². The number of halogens is 2. The average molecular weight is 757 g/mol. The Morgan fingerprint density at radius 3 is 1.33 bits per heavy atom. The number of rotatable bonds is 8. The van der Waals surface area contributed by atoms with Crippen molar-refractivity contribution >= 4 is 54.4 Å². The van der Waals surface area contributed by atoms with Crippen LogP contribution in [0.5, 0.6) is 0 Å². The Morgan fingerprint density at radius 2 is 0.898 bits per heavy atom. The van der Waals surface area contributed by atoms with Crippen LogP contribution in [0.3, 0.4) is 0 Å². The molecule has 0 fully saturated rings. The summed E-state index contributed by atoms with van der Waals surface area (Å²) in [6.45, 7) is 6.72. The van der Waals surface area contributed by atoms with Crippen molar-refractivity contribution in [1.29, 1.82) is 0 Å².